The lowest BCUT2D eigenvalue weighted by Crippen LogP contribution is -2.17. The zero-order chi connectivity index (χ0) is 22.4. The third-order valence-electron chi connectivity index (χ3n) is 4.09. The Morgan fingerprint density at radius 1 is 0.903 bits per heavy atom. The summed E-state index contributed by atoms with van der Waals surface area (Å²) in [5, 5.41) is 2.55. The van der Waals surface area contributed by atoms with Gasteiger partial charge in [0.1, 0.15) is 4.21 Å². The molecule has 2 N–H and O–H groups in total. The van der Waals surface area contributed by atoms with Crippen LogP contribution in [0.15, 0.2) is 56.9 Å². The van der Waals surface area contributed by atoms with Crippen LogP contribution in [-0.4, -0.2) is 21.8 Å². The molecular weight excluding hydrogens is 521 g/mol. The summed E-state index contributed by atoms with van der Waals surface area (Å²) < 4.78 is 56.9. The molecule has 0 saturated heterocycles. The number of nitrogens with one attached hydrogen (secondary N) is 2. The number of aryl methyl sites for hydroxylation is 1. The predicted octanol–water partition coefficient (Wildman–Crippen LogP) is 5.57. The molecule has 0 fully saturated rings. The van der Waals surface area contributed by atoms with Crippen LogP contribution in [0.2, 0.25) is 10.0 Å². The molecule has 0 atom stereocenters. The topological polar surface area (TPSA) is 105 Å². The van der Waals surface area contributed by atoms with E-state index in [1.54, 1.807) is 17.5 Å². The van der Waals surface area contributed by atoms with Crippen molar-refractivity contribution < 1.29 is 16.8 Å². The minimum atomic E-state index is -4.06. The molecule has 2 aromatic heterocycles. The summed E-state index contributed by atoms with van der Waals surface area (Å²) in [7, 11) is -8.01. The first kappa shape index (κ1) is 22.3. The van der Waals surface area contributed by atoms with Crippen LogP contribution >= 0.6 is 45.9 Å². The van der Waals surface area contributed by atoms with Crippen molar-refractivity contribution in [2.45, 2.75) is 16.0 Å². The average molecular weight is 534 g/mol. The summed E-state index contributed by atoms with van der Waals surface area (Å²) in [6.07, 6.45) is 0. The number of halogens is 2. The van der Waals surface area contributed by atoms with Gasteiger partial charge in [0.05, 0.1) is 41.5 Å². The van der Waals surface area contributed by atoms with Gasteiger partial charge in [-0.15, -0.1) is 22.7 Å². The number of rotatable bonds is 6. The molecule has 0 bridgehead atoms. The summed E-state index contributed by atoms with van der Waals surface area (Å²) in [5.41, 5.74) is 0.580. The molecular formula is C18H13Cl2N3O4S4. The molecule has 2 aromatic carbocycles. The van der Waals surface area contributed by atoms with Crippen LogP contribution in [0.5, 0.6) is 0 Å². The summed E-state index contributed by atoms with van der Waals surface area (Å²) in [6, 6.07) is 10.1. The van der Waals surface area contributed by atoms with Crippen LogP contribution in [-0.2, 0) is 20.0 Å². The second kappa shape index (κ2) is 8.23. The number of thiazole rings is 1. The molecule has 0 spiro atoms. The molecule has 13 heteroatoms. The Balaban J connectivity index is 1.73. The van der Waals surface area contributed by atoms with E-state index in [-0.39, 0.29) is 30.5 Å². The molecule has 0 radical (unpaired) electrons. The van der Waals surface area contributed by atoms with E-state index >= 15 is 0 Å². The van der Waals surface area contributed by atoms with Crippen LogP contribution in [0.3, 0.4) is 0 Å². The highest BCUT2D eigenvalue weighted by Crippen LogP contribution is 2.36. The first-order valence-electron chi connectivity index (χ1n) is 8.50. The highest BCUT2D eigenvalue weighted by molar-refractivity contribution is 7.94. The quantitative estimate of drug-likeness (QED) is 0.336. The van der Waals surface area contributed by atoms with E-state index in [9.17, 15) is 16.8 Å². The van der Waals surface area contributed by atoms with E-state index in [1.807, 2.05) is 6.92 Å². The molecule has 0 amide bonds. The largest absolute Gasteiger partial charge is 0.277 e. The van der Waals surface area contributed by atoms with E-state index in [0.29, 0.717) is 10.2 Å². The SMILES string of the molecule is Cc1nc2ccc(S(=O)(=O)Nc3cc(Cl)c(Cl)cc3NS(=O)(=O)c3cccs3)cc2s1. The maximum Gasteiger partial charge on any atom is 0.271 e. The van der Waals surface area contributed by atoms with Crippen molar-refractivity contribution in [1.82, 2.24) is 4.98 Å². The van der Waals surface area contributed by atoms with Crippen molar-refractivity contribution in [3.05, 3.63) is 62.9 Å². The van der Waals surface area contributed by atoms with Gasteiger partial charge in [0.25, 0.3) is 20.0 Å². The monoisotopic (exact) mass is 533 g/mol. The first-order valence-corrected chi connectivity index (χ1v) is 13.9. The average Bonchev–Trinajstić information content (AvgIpc) is 3.34. The minimum absolute atomic E-state index is 0.00165. The number of sulfonamides is 2. The highest BCUT2D eigenvalue weighted by Gasteiger charge is 2.22. The van der Waals surface area contributed by atoms with Gasteiger partial charge in [0.15, 0.2) is 0 Å². The van der Waals surface area contributed by atoms with Crippen molar-refractivity contribution in [2.75, 3.05) is 9.44 Å². The smallest absolute Gasteiger partial charge is 0.271 e. The molecule has 4 rings (SSSR count). The summed E-state index contributed by atoms with van der Waals surface area (Å²) >= 11 is 14.5. The Kier molecular flexibility index (Phi) is 5.92. The standard InChI is InChI=1S/C18H13Cl2N3O4S4/c1-10-21-14-5-4-11(7-17(14)29-10)30(24,25)22-15-8-12(19)13(20)9-16(15)23-31(26,27)18-3-2-6-28-18/h2-9,22-23H,1H3. The molecule has 0 aliphatic rings. The van der Waals surface area contributed by atoms with E-state index < -0.39 is 20.0 Å². The predicted molar refractivity (Wildman–Crippen MR) is 127 cm³/mol. The Bertz CT molecular complexity index is 1500. The van der Waals surface area contributed by atoms with Gasteiger partial charge in [-0.05, 0) is 48.7 Å². The van der Waals surface area contributed by atoms with E-state index in [1.165, 1.54) is 41.7 Å². The summed E-state index contributed by atoms with van der Waals surface area (Å²) in [6.45, 7) is 1.83. The number of nitrogens with zero attached hydrogens (tertiary/aromatic N) is 1. The van der Waals surface area contributed by atoms with Gasteiger partial charge >= 0.3 is 0 Å². The number of fused-ring (bicyclic) bond motifs is 1. The third-order valence-corrected chi connectivity index (χ3v) is 9.87. The molecule has 31 heavy (non-hydrogen) atoms. The lowest BCUT2D eigenvalue weighted by Gasteiger charge is -2.15. The Labute approximate surface area is 196 Å². The second-order valence-electron chi connectivity index (χ2n) is 6.32. The van der Waals surface area contributed by atoms with Crippen molar-refractivity contribution in [1.29, 1.82) is 0 Å². The lowest BCUT2D eigenvalue weighted by molar-refractivity contribution is 0.600. The van der Waals surface area contributed by atoms with E-state index in [4.69, 9.17) is 23.2 Å². The van der Waals surface area contributed by atoms with Crippen LogP contribution in [0.4, 0.5) is 11.4 Å². The molecule has 0 saturated carbocycles. The van der Waals surface area contributed by atoms with Crippen LogP contribution in [0.1, 0.15) is 5.01 Å². The van der Waals surface area contributed by atoms with E-state index in [2.05, 4.69) is 14.4 Å². The number of thiophene rings is 1. The van der Waals surface area contributed by atoms with Gasteiger partial charge < -0.3 is 0 Å². The van der Waals surface area contributed by atoms with Crippen molar-refractivity contribution in [3.63, 3.8) is 0 Å². The maximum atomic E-state index is 13.0. The van der Waals surface area contributed by atoms with Crippen LogP contribution in [0, 0.1) is 6.92 Å². The van der Waals surface area contributed by atoms with Crippen molar-refractivity contribution in [2.24, 2.45) is 0 Å². The number of hydrogen-bond donors (Lipinski definition) is 2. The van der Waals surface area contributed by atoms with Crippen LogP contribution < -0.4 is 9.44 Å². The van der Waals surface area contributed by atoms with Gasteiger partial charge in [-0.2, -0.15) is 0 Å². The summed E-state index contributed by atoms with van der Waals surface area (Å²) in [4.78, 5) is 4.32. The van der Waals surface area contributed by atoms with Gasteiger partial charge in [-0.3, -0.25) is 9.44 Å². The Morgan fingerprint density at radius 3 is 2.16 bits per heavy atom. The van der Waals surface area contributed by atoms with E-state index in [0.717, 1.165) is 16.3 Å². The van der Waals surface area contributed by atoms with Crippen molar-refractivity contribution >= 4 is 87.5 Å². The van der Waals surface area contributed by atoms with Gasteiger partial charge in [-0.1, -0.05) is 29.3 Å². The van der Waals surface area contributed by atoms with Gasteiger partial charge in [-0.25, -0.2) is 21.8 Å². The molecule has 7 nitrogen and oxygen atoms in total. The van der Waals surface area contributed by atoms with Crippen molar-refractivity contribution in [3.8, 4) is 0 Å². The molecule has 2 heterocycles. The zero-order valence-corrected chi connectivity index (χ0v) is 20.4. The molecule has 4 aromatic rings. The number of hydrogen-bond acceptors (Lipinski definition) is 7. The maximum absolute atomic E-state index is 13.0. The normalized spacial score (nSPS) is 12.2. The summed E-state index contributed by atoms with van der Waals surface area (Å²) in [5.74, 6) is 0. The van der Waals surface area contributed by atoms with Gasteiger partial charge in [0, 0.05) is 0 Å². The number of anilines is 2. The minimum Gasteiger partial charge on any atom is -0.277 e. The fourth-order valence-corrected chi connectivity index (χ4v) is 7.15. The Hall–Kier alpha value is -1.89. The number of aromatic nitrogens is 1. The number of benzene rings is 2. The fourth-order valence-electron chi connectivity index (χ4n) is 2.72. The van der Waals surface area contributed by atoms with Crippen LogP contribution in [0.25, 0.3) is 10.2 Å². The molecule has 0 aliphatic heterocycles. The molecule has 0 aliphatic carbocycles. The zero-order valence-electron chi connectivity index (χ0n) is 15.6. The third kappa shape index (κ3) is 4.66. The van der Waals surface area contributed by atoms with Gasteiger partial charge in [0.2, 0.25) is 0 Å². The first-order chi connectivity index (χ1) is 14.5. The molecule has 0 unspecified atom stereocenters. The lowest BCUT2D eigenvalue weighted by atomic mass is 10.3. The highest BCUT2D eigenvalue weighted by atomic mass is 35.5. The Morgan fingerprint density at radius 2 is 1.55 bits per heavy atom. The molecule has 162 valence electrons. The second-order valence-corrected chi connectivity index (χ2v) is 12.9. The fraction of sp³-hybridized carbons (Fsp3) is 0.0556.